The molecular formula is C25H25Cl2F4N3O2. The van der Waals surface area contributed by atoms with Gasteiger partial charge in [-0.25, -0.2) is 4.39 Å². The van der Waals surface area contributed by atoms with Gasteiger partial charge < -0.3 is 16.0 Å². The summed E-state index contributed by atoms with van der Waals surface area (Å²) in [5.74, 6) is -2.13. The molecule has 11 heteroatoms. The second-order valence-corrected chi connectivity index (χ2v) is 10.1. The number of nitrogens with one attached hydrogen (secondary N) is 3. The molecule has 1 saturated carbocycles. The largest absolute Gasteiger partial charge is 0.416 e. The first-order chi connectivity index (χ1) is 17.0. The van der Waals surface area contributed by atoms with Crippen molar-refractivity contribution in [2.24, 2.45) is 0 Å². The van der Waals surface area contributed by atoms with Gasteiger partial charge >= 0.3 is 6.18 Å². The number of benzene rings is 2. The second-order valence-electron chi connectivity index (χ2n) is 9.27. The Bertz CT molecular complexity index is 1150. The molecule has 0 spiro atoms. The Kier molecular flexibility index (Phi) is 7.83. The fraction of sp³-hybridized carbons (Fsp3) is 0.440. The Morgan fingerprint density at radius 3 is 2.36 bits per heavy atom. The van der Waals surface area contributed by atoms with E-state index in [9.17, 15) is 27.2 Å². The highest BCUT2D eigenvalue weighted by Crippen LogP contribution is 2.50. The summed E-state index contributed by atoms with van der Waals surface area (Å²) in [5, 5.41) is 9.63. The van der Waals surface area contributed by atoms with Gasteiger partial charge in [-0.1, -0.05) is 35.3 Å². The molecule has 1 aliphatic heterocycles. The smallest absolute Gasteiger partial charge is 0.351 e. The molecule has 5 nitrogen and oxygen atoms in total. The standard InChI is InChI=1S/C25H25Cl2F4N3O2/c26-16-3-1-14(19(27)13-16)11-21(22(35)33-17-5-9-32-10-6-17)34-23(36)24(7-8-24)18-4-2-15(12-20(18)28)25(29,30)31/h1-4,12-13,17,21,32H,5-11H2,(H,33,35)(H,34,36)/t21-/m0/s1. The van der Waals surface area contributed by atoms with Crippen molar-refractivity contribution in [2.45, 2.75) is 55.8 Å². The van der Waals surface area contributed by atoms with Crippen LogP contribution in [-0.4, -0.2) is 37.0 Å². The number of rotatable bonds is 7. The van der Waals surface area contributed by atoms with Crippen LogP contribution in [0.25, 0.3) is 0 Å². The zero-order chi connectivity index (χ0) is 26.1. The van der Waals surface area contributed by atoms with E-state index in [-0.39, 0.29) is 30.9 Å². The highest BCUT2D eigenvalue weighted by molar-refractivity contribution is 6.35. The first-order valence-electron chi connectivity index (χ1n) is 11.6. The zero-order valence-corrected chi connectivity index (χ0v) is 20.7. The van der Waals surface area contributed by atoms with Crippen LogP contribution in [0.2, 0.25) is 10.0 Å². The third kappa shape index (κ3) is 5.95. The van der Waals surface area contributed by atoms with Gasteiger partial charge in [-0.2, -0.15) is 13.2 Å². The van der Waals surface area contributed by atoms with Gasteiger partial charge in [-0.05, 0) is 68.6 Å². The summed E-state index contributed by atoms with van der Waals surface area (Å²) in [4.78, 5) is 26.6. The average Bonchev–Trinajstić information content (AvgIpc) is 3.62. The maximum atomic E-state index is 14.7. The minimum absolute atomic E-state index is 0.0596. The summed E-state index contributed by atoms with van der Waals surface area (Å²) in [5.41, 5.74) is -1.99. The highest BCUT2D eigenvalue weighted by atomic mass is 35.5. The molecule has 4 rings (SSSR count). The minimum Gasteiger partial charge on any atom is -0.351 e. The third-order valence-electron chi connectivity index (χ3n) is 6.74. The minimum atomic E-state index is -4.70. The van der Waals surface area contributed by atoms with E-state index >= 15 is 0 Å². The van der Waals surface area contributed by atoms with Crippen molar-refractivity contribution in [1.29, 1.82) is 0 Å². The van der Waals surface area contributed by atoms with E-state index < -0.39 is 40.8 Å². The molecule has 2 fully saturated rings. The van der Waals surface area contributed by atoms with Crippen LogP contribution in [0, 0.1) is 5.82 Å². The van der Waals surface area contributed by atoms with Crippen molar-refractivity contribution >= 4 is 35.0 Å². The molecule has 36 heavy (non-hydrogen) atoms. The number of halogens is 6. The van der Waals surface area contributed by atoms with E-state index in [0.29, 0.717) is 21.7 Å². The highest BCUT2D eigenvalue weighted by Gasteiger charge is 2.53. The number of alkyl halides is 3. The zero-order valence-electron chi connectivity index (χ0n) is 19.2. The van der Waals surface area contributed by atoms with Crippen molar-refractivity contribution in [3.05, 3.63) is 69.0 Å². The van der Waals surface area contributed by atoms with Crippen molar-refractivity contribution in [3.8, 4) is 0 Å². The Balaban J connectivity index is 1.56. The lowest BCUT2D eigenvalue weighted by Crippen LogP contribution is -2.54. The van der Waals surface area contributed by atoms with E-state index in [1.165, 1.54) is 6.07 Å². The SMILES string of the molecule is O=C(NC1CCNCC1)[C@H](Cc1ccc(Cl)cc1Cl)NC(=O)C1(c2ccc(C(F)(F)F)cc2F)CC1. The van der Waals surface area contributed by atoms with E-state index in [0.717, 1.165) is 38.1 Å². The van der Waals surface area contributed by atoms with E-state index in [1.54, 1.807) is 12.1 Å². The van der Waals surface area contributed by atoms with Crippen LogP contribution in [0.3, 0.4) is 0 Å². The van der Waals surface area contributed by atoms with Crippen molar-refractivity contribution in [3.63, 3.8) is 0 Å². The van der Waals surface area contributed by atoms with Crippen molar-refractivity contribution in [2.75, 3.05) is 13.1 Å². The summed E-state index contributed by atoms with van der Waals surface area (Å²) >= 11 is 12.3. The molecule has 3 N–H and O–H groups in total. The van der Waals surface area contributed by atoms with Gasteiger partial charge in [0.15, 0.2) is 0 Å². The molecule has 0 unspecified atom stereocenters. The molecule has 0 radical (unpaired) electrons. The number of piperidine rings is 1. The Morgan fingerprint density at radius 1 is 1.08 bits per heavy atom. The van der Waals surface area contributed by atoms with Gasteiger partial charge in [-0.15, -0.1) is 0 Å². The van der Waals surface area contributed by atoms with Gasteiger partial charge in [0, 0.05) is 28.1 Å². The molecule has 2 aromatic carbocycles. The average molecular weight is 546 g/mol. The molecule has 2 aliphatic rings. The van der Waals surface area contributed by atoms with Crippen molar-refractivity contribution in [1.82, 2.24) is 16.0 Å². The summed E-state index contributed by atoms with van der Waals surface area (Å²) in [6.07, 6.45) is -2.67. The van der Waals surface area contributed by atoms with Crippen LogP contribution in [-0.2, 0) is 27.6 Å². The monoisotopic (exact) mass is 545 g/mol. The molecule has 1 saturated heterocycles. The van der Waals surface area contributed by atoms with Crippen LogP contribution in [0.1, 0.15) is 42.4 Å². The molecular weight excluding hydrogens is 521 g/mol. The topological polar surface area (TPSA) is 70.2 Å². The first-order valence-corrected chi connectivity index (χ1v) is 12.4. The molecule has 0 aromatic heterocycles. The van der Waals surface area contributed by atoms with Crippen LogP contribution < -0.4 is 16.0 Å². The van der Waals surface area contributed by atoms with Crippen LogP contribution in [0.4, 0.5) is 17.6 Å². The summed E-state index contributed by atoms with van der Waals surface area (Å²) < 4.78 is 53.6. The number of carbonyl (C=O) groups is 2. The normalized spacial score (nSPS) is 18.4. The Labute approximate surface area is 215 Å². The first kappa shape index (κ1) is 26.7. The predicted molar refractivity (Wildman–Crippen MR) is 128 cm³/mol. The maximum Gasteiger partial charge on any atom is 0.416 e. The fourth-order valence-corrected chi connectivity index (χ4v) is 4.99. The van der Waals surface area contributed by atoms with Crippen LogP contribution in [0.5, 0.6) is 0 Å². The van der Waals surface area contributed by atoms with Gasteiger partial charge in [0.2, 0.25) is 11.8 Å². The van der Waals surface area contributed by atoms with E-state index in [4.69, 9.17) is 23.2 Å². The molecule has 1 heterocycles. The maximum absolute atomic E-state index is 14.7. The summed E-state index contributed by atoms with van der Waals surface area (Å²) in [7, 11) is 0. The molecule has 194 valence electrons. The van der Waals surface area contributed by atoms with Gasteiger partial charge in [0.25, 0.3) is 0 Å². The second kappa shape index (κ2) is 10.6. The lowest BCUT2D eigenvalue weighted by atomic mass is 9.92. The third-order valence-corrected chi connectivity index (χ3v) is 7.33. The van der Waals surface area contributed by atoms with Gasteiger partial charge in [0.1, 0.15) is 11.9 Å². The molecule has 2 aromatic rings. The van der Waals surface area contributed by atoms with Gasteiger partial charge in [0.05, 0.1) is 11.0 Å². The van der Waals surface area contributed by atoms with Crippen molar-refractivity contribution < 1.29 is 27.2 Å². The molecule has 2 amide bonds. The van der Waals surface area contributed by atoms with Crippen LogP contribution in [0.15, 0.2) is 36.4 Å². The lowest BCUT2D eigenvalue weighted by molar-refractivity contribution is -0.137. The Morgan fingerprint density at radius 2 is 1.78 bits per heavy atom. The number of carbonyl (C=O) groups excluding carboxylic acids is 2. The molecule has 0 bridgehead atoms. The number of hydrogen-bond acceptors (Lipinski definition) is 3. The Hall–Kier alpha value is -2.36. The van der Waals surface area contributed by atoms with Crippen LogP contribution >= 0.6 is 23.2 Å². The quantitative estimate of drug-likeness (QED) is 0.438. The van der Waals surface area contributed by atoms with E-state index in [2.05, 4.69) is 16.0 Å². The lowest BCUT2D eigenvalue weighted by Gasteiger charge is -2.28. The molecule has 1 atom stereocenters. The number of amides is 2. The predicted octanol–water partition coefficient (Wildman–Crippen LogP) is 4.78. The number of hydrogen-bond donors (Lipinski definition) is 3. The summed E-state index contributed by atoms with van der Waals surface area (Å²) in [6.45, 7) is 1.50. The van der Waals surface area contributed by atoms with E-state index in [1.807, 2.05) is 0 Å². The van der Waals surface area contributed by atoms with Gasteiger partial charge in [-0.3, -0.25) is 9.59 Å². The fourth-order valence-electron chi connectivity index (χ4n) is 4.50. The summed E-state index contributed by atoms with van der Waals surface area (Å²) in [6, 6.07) is 5.88. The molecule has 1 aliphatic carbocycles.